The molecule has 0 aromatic carbocycles. The first kappa shape index (κ1) is 71.8. The Morgan fingerprint density at radius 1 is 0.186 bits per heavy atom. The minimum absolute atomic E-state index is 0.376. The summed E-state index contributed by atoms with van der Waals surface area (Å²) >= 11 is -2.07. The zero-order valence-electron chi connectivity index (χ0n) is 56.4. The van der Waals surface area contributed by atoms with E-state index >= 15 is 0 Å². The van der Waals surface area contributed by atoms with Crippen molar-refractivity contribution in [3.05, 3.63) is 0 Å². The van der Waals surface area contributed by atoms with Crippen molar-refractivity contribution in [2.75, 3.05) is 0 Å². The molecule has 0 fully saturated rings. The van der Waals surface area contributed by atoms with Crippen molar-refractivity contribution in [3.63, 3.8) is 0 Å². The summed E-state index contributed by atoms with van der Waals surface area (Å²) in [5, 5.41) is 0. The van der Waals surface area contributed by atoms with E-state index in [0.717, 1.165) is 0 Å². The molecule has 0 amide bonds. The Morgan fingerprint density at radius 2 is 0.257 bits per heavy atom. The Balaban J connectivity index is 13.7. The van der Waals surface area contributed by atoms with Crippen molar-refractivity contribution >= 4 is 48.4 Å². The van der Waals surface area contributed by atoms with Crippen molar-refractivity contribution in [2.45, 2.75) is 400 Å². The van der Waals surface area contributed by atoms with Gasteiger partial charge in [-0.3, -0.25) is 0 Å². The van der Waals surface area contributed by atoms with Crippen LogP contribution in [0.1, 0.15) is 289 Å². The minimum atomic E-state index is -2.47. The molecule has 0 nitrogen and oxygen atoms in total. The van der Waals surface area contributed by atoms with Gasteiger partial charge in [0, 0.05) is 0 Å². The summed E-state index contributed by atoms with van der Waals surface area (Å²) in [6.45, 7) is 114. The van der Waals surface area contributed by atoms with Crippen LogP contribution in [0.15, 0.2) is 0 Å². The first-order chi connectivity index (χ1) is 31.5. The van der Waals surface area contributed by atoms with Gasteiger partial charge in [0.1, 0.15) is 0 Å². The fourth-order valence-corrected chi connectivity index (χ4v) is 145. The van der Waals surface area contributed by atoms with Gasteiger partial charge in [0.25, 0.3) is 0 Å². The number of rotatable bonds is 30. The molecular formula is C63H141CrSi6. The molecule has 423 valence electrons. The van der Waals surface area contributed by atoms with E-state index in [4.69, 9.17) is 0 Å². The van der Waals surface area contributed by atoms with Gasteiger partial charge >= 0.3 is 462 Å². The molecule has 0 heterocycles. The number of hydrogen-bond acceptors (Lipinski definition) is 0. The second kappa shape index (κ2) is 25.7. The summed E-state index contributed by atoms with van der Waals surface area (Å²) in [5.74, 6) is 0. The van der Waals surface area contributed by atoms with Crippen LogP contribution < -0.4 is 0 Å². The maximum atomic E-state index is 3.00. The molecule has 70 heavy (non-hydrogen) atoms. The molecular weight excluding hydrogens is 977 g/mol. The zero-order chi connectivity index (χ0) is 56.6. The van der Waals surface area contributed by atoms with Crippen LogP contribution >= 0.6 is 0 Å². The Hall–Kier alpha value is 1.83. The fraction of sp³-hybridized carbons (Fsp3) is 1.00. The van der Waals surface area contributed by atoms with Crippen LogP contribution in [-0.2, 0) is 14.1 Å². The third-order valence-corrected chi connectivity index (χ3v) is 96.2. The monoisotopic (exact) mass is 1120 g/mol. The maximum absolute atomic E-state index is 3.00. The summed E-state index contributed by atoms with van der Waals surface area (Å²) < 4.78 is 1.13. The van der Waals surface area contributed by atoms with Gasteiger partial charge in [-0.25, -0.2) is 0 Å². The molecule has 0 N–H and O–H groups in total. The van der Waals surface area contributed by atoms with Crippen molar-refractivity contribution in [1.29, 1.82) is 0 Å². The Morgan fingerprint density at radius 3 is 0.300 bits per heavy atom. The van der Waals surface area contributed by atoms with Crippen LogP contribution in [-0.4, -0.2) is 48.4 Å². The second-order valence-corrected chi connectivity index (χ2v) is 76.6. The standard InChI is InChI=1S/3C21H47Si2.Cr/c3*1-14-21(22(15(2)3,16(4)5)17(6)7)23(18(8)9,19(10)11)20(12)13;/h3*15-20H,14H2,1-13H3;. The summed E-state index contributed by atoms with van der Waals surface area (Å²) in [6, 6.07) is 0. The average molecular weight is 1120 g/mol. The normalized spacial score (nSPS) is 15.7. The van der Waals surface area contributed by atoms with E-state index < -0.39 is 62.6 Å². The van der Waals surface area contributed by atoms with Crippen molar-refractivity contribution < 1.29 is 14.1 Å². The van der Waals surface area contributed by atoms with Gasteiger partial charge in [-0.1, -0.05) is 0 Å². The molecule has 0 atom stereocenters. The quantitative estimate of drug-likeness (QED) is 0.0629. The van der Waals surface area contributed by atoms with E-state index in [-0.39, 0.29) is 0 Å². The molecule has 0 saturated carbocycles. The summed E-state index contributed by atoms with van der Waals surface area (Å²) in [7, 11) is -14.8. The Labute approximate surface area is 458 Å². The van der Waals surface area contributed by atoms with Gasteiger partial charge in [-0.15, -0.1) is 0 Å². The van der Waals surface area contributed by atoms with Crippen LogP contribution in [0.2, 0.25) is 110 Å². The van der Waals surface area contributed by atoms with Crippen molar-refractivity contribution in [2.24, 2.45) is 0 Å². The predicted octanol–water partition coefficient (Wildman–Crippen LogP) is 25.6. The molecule has 0 aliphatic heterocycles. The van der Waals surface area contributed by atoms with Gasteiger partial charge in [0.2, 0.25) is 0 Å². The molecule has 0 saturated heterocycles. The average Bonchev–Trinajstić information content (AvgIpc) is 3.15. The van der Waals surface area contributed by atoms with Gasteiger partial charge in [-0.2, -0.15) is 0 Å². The van der Waals surface area contributed by atoms with Crippen LogP contribution in [0, 0.1) is 0 Å². The second-order valence-electron chi connectivity index (χ2n) is 30.2. The summed E-state index contributed by atoms with van der Waals surface area (Å²) in [5.41, 5.74) is 12.9. The topological polar surface area (TPSA) is 0 Å². The van der Waals surface area contributed by atoms with E-state index in [0.29, 0.717) is 110 Å². The SMILES string of the molecule is CC[C]([Cr]([C](CC)([Si](C(C)C)(C(C)C)C(C)C)[Si](C(C)C)(C(C)C)C(C)C)[C](CC)([Si](C(C)C)(C(C)C)C(C)C)[Si](C(C)C)(C(C)C)C(C)C)([Si](C(C)C)(C(C)C)C(C)C)[Si](C(C)C)(C(C)C)C(C)C. The van der Waals surface area contributed by atoms with Crippen molar-refractivity contribution in [3.8, 4) is 0 Å². The van der Waals surface area contributed by atoms with Gasteiger partial charge in [0.15, 0.2) is 0 Å². The van der Waals surface area contributed by atoms with Crippen LogP contribution in [0.5, 0.6) is 0 Å². The van der Waals surface area contributed by atoms with Crippen LogP contribution in [0.25, 0.3) is 0 Å². The third-order valence-electron chi connectivity index (χ3n) is 23.9. The molecule has 0 bridgehead atoms. The molecule has 0 radical (unpaired) electrons. The van der Waals surface area contributed by atoms with E-state index in [2.05, 4.69) is 270 Å². The van der Waals surface area contributed by atoms with Crippen LogP contribution in [0.3, 0.4) is 0 Å². The van der Waals surface area contributed by atoms with E-state index in [1.54, 1.807) is 0 Å². The fourth-order valence-electron chi connectivity index (χ4n) is 25.7. The van der Waals surface area contributed by atoms with Crippen molar-refractivity contribution in [1.82, 2.24) is 0 Å². The van der Waals surface area contributed by atoms with Gasteiger partial charge in [0.05, 0.1) is 0 Å². The molecule has 0 aromatic rings. The molecule has 0 aromatic heterocycles. The Kier molecular flexibility index (Phi) is 26.4. The van der Waals surface area contributed by atoms with E-state index in [1.807, 2.05) is 0 Å². The molecule has 0 aliphatic rings. The van der Waals surface area contributed by atoms with Crippen LogP contribution in [0.4, 0.5) is 0 Å². The first-order valence-corrected chi connectivity index (χ1v) is 46.6. The molecule has 0 rings (SSSR count). The molecule has 0 unspecified atom stereocenters. The Bertz CT molecular complexity index is 1130. The summed E-state index contributed by atoms with van der Waals surface area (Å²) in [6.07, 6.45) is 4.37. The molecule has 0 spiro atoms. The number of hydrogen-bond donors (Lipinski definition) is 0. The zero-order valence-corrected chi connectivity index (χ0v) is 63.7. The third kappa shape index (κ3) is 9.09. The van der Waals surface area contributed by atoms with Gasteiger partial charge < -0.3 is 0 Å². The molecule has 7 heteroatoms. The van der Waals surface area contributed by atoms with E-state index in [1.165, 1.54) is 19.3 Å². The first-order valence-electron chi connectivity index (χ1n) is 31.3. The molecule has 0 aliphatic carbocycles. The van der Waals surface area contributed by atoms with E-state index in [9.17, 15) is 0 Å². The summed E-state index contributed by atoms with van der Waals surface area (Å²) in [4.78, 5) is 0. The van der Waals surface area contributed by atoms with Gasteiger partial charge in [-0.05, 0) is 0 Å². The predicted molar refractivity (Wildman–Crippen MR) is 345 cm³/mol.